The number of fused-ring (bicyclic) bond motifs is 3. The maximum atomic E-state index is 13.7. The van der Waals surface area contributed by atoms with Crippen molar-refractivity contribution < 1.29 is 50.5 Å². The van der Waals surface area contributed by atoms with Crippen LogP contribution in [0.1, 0.15) is 49.3 Å². The zero-order chi connectivity index (χ0) is 32.0. The van der Waals surface area contributed by atoms with Gasteiger partial charge in [0.15, 0.2) is 0 Å². The maximum absolute atomic E-state index is 13.7. The number of carbonyl (C=O) groups excluding carboxylic acids is 2. The Morgan fingerprint density at radius 2 is 1.70 bits per heavy atom. The molecule has 2 aromatic carbocycles. The van der Waals surface area contributed by atoms with Crippen LogP contribution in [0.15, 0.2) is 59.2 Å². The standard InChI is InChI=1S/C32H31F6NO5/c1-3-17(9-18-5-4-6-23(40)10-18)7-8-26-27-19(15-43-2)11-24-28(25(27)16-44-26)30(42)39(29(24)41)22-13-20(31(33,34)35)12-21(14-22)32(36,37)38/h4-6,9-10,12-14,24-26,28,40H,3,7-8,11,15-16H2,1-2H3/b17-9+/t24-,25+,26-,28-/m1/s1. The number of phenols is 1. The Hall–Kier alpha value is -3.64. The summed E-state index contributed by atoms with van der Waals surface area (Å²) in [6.07, 6.45) is -6.70. The summed E-state index contributed by atoms with van der Waals surface area (Å²) in [5, 5.41) is 9.79. The first-order chi connectivity index (χ1) is 20.7. The molecular formula is C32H31F6NO5. The summed E-state index contributed by atoms with van der Waals surface area (Å²) >= 11 is 0. The zero-order valence-electron chi connectivity index (χ0n) is 24.0. The van der Waals surface area contributed by atoms with E-state index in [0.717, 1.165) is 28.7 Å². The summed E-state index contributed by atoms with van der Waals surface area (Å²) in [5.41, 5.74) is -0.480. The van der Waals surface area contributed by atoms with Crippen molar-refractivity contribution >= 4 is 23.6 Å². The van der Waals surface area contributed by atoms with E-state index in [-0.39, 0.29) is 31.5 Å². The second kappa shape index (κ2) is 12.0. The van der Waals surface area contributed by atoms with Crippen molar-refractivity contribution in [2.75, 3.05) is 25.2 Å². The van der Waals surface area contributed by atoms with Gasteiger partial charge in [0.25, 0.3) is 0 Å². The minimum atomic E-state index is -5.13. The maximum Gasteiger partial charge on any atom is 0.416 e. The number of alkyl halides is 6. The van der Waals surface area contributed by atoms with E-state index in [1.165, 1.54) is 7.11 Å². The Kier molecular flexibility index (Phi) is 8.69. The molecule has 44 heavy (non-hydrogen) atoms. The van der Waals surface area contributed by atoms with Crippen LogP contribution in [-0.4, -0.2) is 43.3 Å². The molecule has 4 atom stereocenters. The van der Waals surface area contributed by atoms with E-state index in [9.17, 15) is 41.0 Å². The van der Waals surface area contributed by atoms with E-state index in [4.69, 9.17) is 9.47 Å². The van der Waals surface area contributed by atoms with Gasteiger partial charge in [-0.05, 0) is 72.7 Å². The lowest BCUT2D eigenvalue weighted by molar-refractivity contribution is -0.143. The average Bonchev–Trinajstić information content (AvgIpc) is 3.48. The van der Waals surface area contributed by atoms with E-state index in [2.05, 4.69) is 0 Å². The molecular weight excluding hydrogens is 592 g/mol. The van der Waals surface area contributed by atoms with Gasteiger partial charge in [-0.1, -0.05) is 30.7 Å². The van der Waals surface area contributed by atoms with Gasteiger partial charge in [0.2, 0.25) is 11.8 Å². The molecule has 6 nitrogen and oxygen atoms in total. The molecule has 2 heterocycles. The van der Waals surface area contributed by atoms with Gasteiger partial charge in [-0.2, -0.15) is 26.3 Å². The van der Waals surface area contributed by atoms with Gasteiger partial charge in [-0.25, -0.2) is 4.90 Å². The van der Waals surface area contributed by atoms with Gasteiger partial charge in [-0.3, -0.25) is 9.59 Å². The number of amides is 2. The molecule has 3 aliphatic rings. The number of aromatic hydroxyl groups is 1. The zero-order valence-corrected chi connectivity index (χ0v) is 24.0. The van der Waals surface area contributed by atoms with Crippen LogP contribution in [0.2, 0.25) is 0 Å². The fourth-order valence-electron chi connectivity index (χ4n) is 6.62. The highest BCUT2D eigenvalue weighted by molar-refractivity contribution is 6.22. The summed E-state index contributed by atoms with van der Waals surface area (Å²) in [6, 6.07) is 7.62. The minimum absolute atomic E-state index is 0.0349. The quantitative estimate of drug-likeness (QED) is 0.192. The lowest BCUT2D eigenvalue weighted by Crippen LogP contribution is -2.35. The van der Waals surface area contributed by atoms with E-state index in [1.807, 2.05) is 19.1 Å². The lowest BCUT2D eigenvalue weighted by atomic mass is 9.69. The van der Waals surface area contributed by atoms with Gasteiger partial charge in [0.1, 0.15) is 5.75 Å². The van der Waals surface area contributed by atoms with Gasteiger partial charge >= 0.3 is 12.4 Å². The number of anilines is 1. The number of carbonyl (C=O) groups is 2. The number of hydrogen-bond acceptors (Lipinski definition) is 5. The van der Waals surface area contributed by atoms with Crippen LogP contribution >= 0.6 is 0 Å². The summed E-state index contributed by atoms with van der Waals surface area (Å²) in [5.74, 6) is -4.06. The number of rotatable bonds is 8. The summed E-state index contributed by atoms with van der Waals surface area (Å²) in [7, 11) is 1.47. The first-order valence-corrected chi connectivity index (χ1v) is 14.2. The van der Waals surface area contributed by atoms with Crippen molar-refractivity contribution in [1.82, 2.24) is 0 Å². The lowest BCUT2D eigenvalue weighted by Gasteiger charge is -2.31. The van der Waals surface area contributed by atoms with Crippen molar-refractivity contribution in [3.8, 4) is 5.75 Å². The van der Waals surface area contributed by atoms with E-state index in [0.29, 0.717) is 29.9 Å². The van der Waals surface area contributed by atoms with Gasteiger partial charge in [-0.15, -0.1) is 0 Å². The molecule has 12 heteroatoms. The van der Waals surface area contributed by atoms with Crippen molar-refractivity contribution in [3.63, 3.8) is 0 Å². The monoisotopic (exact) mass is 623 g/mol. The van der Waals surface area contributed by atoms with Crippen molar-refractivity contribution in [3.05, 3.63) is 75.9 Å². The van der Waals surface area contributed by atoms with Crippen LogP contribution in [-0.2, 0) is 31.4 Å². The fraction of sp³-hybridized carbons (Fsp3) is 0.438. The number of nitrogens with zero attached hydrogens (tertiary/aromatic N) is 1. The molecule has 2 saturated heterocycles. The van der Waals surface area contributed by atoms with Crippen LogP contribution in [0.4, 0.5) is 32.0 Å². The molecule has 0 spiro atoms. The summed E-state index contributed by atoms with van der Waals surface area (Å²) in [6.45, 7) is 2.22. The molecule has 2 fully saturated rings. The molecule has 5 rings (SSSR count). The van der Waals surface area contributed by atoms with Crippen molar-refractivity contribution in [2.45, 2.75) is 51.1 Å². The highest BCUT2D eigenvalue weighted by Gasteiger charge is 2.57. The Morgan fingerprint density at radius 1 is 1.02 bits per heavy atom. The molecule has 0 radical (unpaired) electrons. The third-order valence-corrected chi connectivity index (χ3v) is 8.58. The summed E-state index contributed by atoms with van der Waals surface area (Å²) < 4.78 is 92.9. The van der Waals surface area contributed by atoms with Gasteiger partial charge in [0, 0.05) is 13.0 Å². The smallest absolute Gasteiger partial charge is 0.416 e. The largest absolute Gasteiger partial charge is 0.508 e. The van der Waals surface area contributed by atoms with Crippen LogP contribution in [0.3, 0.4) is 0 Å². The third kappa shape index (κ3) is 6.14. The average molecular weight is 624 g/mol. The van der Waals surface area contributed by atoms with Crippen LogP contribution in [0.5, 0.6) is 5.75 Å². The second-order valence-electron chi connectivity index (χ2n) is 11.3. The predicted octanol–water partition coefficient (Wildman–Crippen LogP) is 7.17. The number of ether oxygens (including phenoxy) is 2. The molecule has 1 N–H and O–H groups in total. The molecule has 2 amide bonds. The Balaban J connectivity index is 1.44. The SMILES string of the molecule is CC/C(=C\c1cccc(O)c1)CC[C@H]1OC[C@H]2C1=C(COC)C[C@H]1C(=O)N(c3cc(C(F)(F)F)cc(C(F)(F)F)c3)C(=O)[C@H]12. The Bertz CT molecular complexity index is 1480. The molecule has 0 unspecified atom stereocenters. The van der Waals surface area contributed by atoms with Crippen molar-refractivity contribution in [2.24, 2.45) is 17.8 Å². The number of imide groups is 1. The number of hydrogen-bond donors (Lipinski definition) is 1. The number of methoxy groups -OCH3 is 1. The van der Waals surface area contributed by atoms with Crippen LogP contribution in [0, 0.1) is 17.8 Å². The van der Waals surface area contributed by atoms with Crippen LogP contribution in [0.25, 0.3) is 6.08 Å². The molecule has 2 aromatic rings. The predicted molar refractivity (Wildman–Crippen MR) is 148 cm³/mol. The van der Waals surface area contributed by atoms with E-state index >= 15 is 0 Å². The number of halogens is 6. The minimum Gasteiger partial charge on any atom is -0.508 e. The highest BCUT2D eigenvalue weighted by atomic mass is 19.4. The summed E-state index contributed by atoms with van der Waals surface area (Å²) in [4.78, 5) is 27.8. The Morgan fingerprint density at radius 3 is 2.30 bits per heavy atom. The van der Waals surface area contributed by atoms with Gasteiger partial charge in [0.05, 0.1) is 48.0 Å². The number of phenolic OH excluding ortho intramolecular Hbond substituents is 1. The molecule has 236 valence electrons. The normalized spacial score (nSPS) is 24.3. The Labute approximate surface area is 249 Å². The molecule has 1 aliphatic carbocycles. The molecule has 0 aromatic heterocycles. The van der Waals surface area contributed by atoms with Gasteiger partial charge < -0.3 is 14.6 Å². The van der Waals surface area contributed by atoms with Crippen LogP contribution < -0.4 is 4.90 Å². The molecule has 0 bridgehead atoms. The first kappa shape index (κ1) is 31.8. The third-order valence-electron chi connectivity index (χ3n) is 8.58. The van der Waals surface area contributed by atoms with E-state index in [1.54, 1.807) is 18.2 Å². The number of allylic oxidation sites excluding steroid dienone is 1. The topological polar surface area (TPSA) is 76.1 Å². The fourth-order valence-corrected chi connectivity index (χ4v) is 6.62. The second-order valence-corrected chi connectivity index (χ2v) is 11.3. The number of benzene rings is 2. The van der Waals surface area contributed by atoms with E-state index < -0.39 is 64.8 Å². The molecule has 2 aliphatic heterocycles. The highest BCUT2D eigenvalue weighted by Crippen LogP contribution is 2.51. The first-order valence-electron chi connectivity index (χ1n) is 14.2. The van der Waals surface area contributed by atoms with Crippen molar-refractivity contribution in [1.29, 1.82) is 0 Å². The molecule has 0 saturated carbocycles.